The molecule has 7 aromatic rings. The van der Waals surface area contributed by atoms with Gasteiger partial charge in [0.1, 0.15) is 34.8 Å². The summed E-state index contributed by atoms with van der Waals surface area (Å²) >= 11 is 0. The molecule has 0 aliphatic carbocycles. The molecule has 1 amide bonds. The largest absolute Gasteiger partial charge is 0.478 e. The van der Waals surface area contributed by atoms with E-state index >= 15 is 4.39 Å². The third kappa shape index (κ3) is 6.71. The van der Waals surface area contributed by atoms with Crippen LogP contribution in [-0.4, -0.2) is 28.1 Å². The fourth-order valence-corrected chi connectivity index (χ4v) is 11.1. The smallest absolute Gasteiger partial charge is 0.336 e. The third-order valence-electron chi connectivity index (χ3n) is 9.39. The Labute approximate surface area is 301 Å². The fourth-order valence-electron chi connectivity index (χ4n) is 6.90. The molecule has 0 aliphatic heterocycles. The van der Waals surface area contributed by atoms with Crippen molar-refractivity contribution in [1.82, 2.24) is 4.98 Å². The number of aromatic nitrogens is 1. The standard InChI is InChI=1S/C44H33F2N2O3P/c1-29-42(44(50)51)38-27-32(45)21-24-40(38)48-43(29)31-19-17-30(18-20-31)37-23-22-33(28-39(37)46)47-41(49)25-26-52(34-11-5-2-6-12-34,35-13-7-3-8-14-35)36-15-9-4-10-16-36/h2-24,27-28H,25-26H2,1H3,(H-,47,48,49,50,51)/p+1. The van der Waals surface area contributed by atoms with Crippen LogP contribution in [0.5, 0.6) is 0 Å². The van der Waals surface area contributed by atoms with Gasteiger partial charge in [0.25, 0.3) is 0 Å². The van der Waals surface area contributed by atoms with Gasteiger partial charge in [0.2, 0.25) is 5.91 Å². The van der Waals surface area contributed by atoms with Gasteiger partial charge in [0, 0.05) is 22.2 Å². The lowest BCUT2D eigenvalue weighted by Crippen LogP contribution is -2.34. The van der Waals surface area contributed by atoms with Crippen molar-refractivity contribution in [2.45, 2.75) is 13.3 Å². The number of anilines is 1. The summed E-state index contributed by atoms with van der Waals surface area (Å²) < 4.78 is 29.6. The van der Waals surface area contributed by atoms with E-state index in [-0.39, 0.29) is 23.3 Å². The summed E-state index contributed by atoms with van der Waals surface area (Å²) in [6.45, 7) is 1.64. The number of fused-ring (bicyclic) bond motifs is 1. The van der Waals surface area contributed by atoms with Gasteiger partial charge in [0.05, 0.1) is 29.4 Å². The number of aromatic carboxylic acids is 1. The summed E-state index contributed by atoms with van der Waals surface area (Å²) in [7, 11) is -2.20. The van der Waals surface area contributed by atoms with Crippen LogP contribution in [0, 0.1) is 18.6 Å². The quantitative estimate of drug-likeness (QED) is 0.139. The molecular weight excluding hydrogens is 673 g/mol. The molecule has 5 nitrogen and oxygen atoms in total. The van der Waals surface area contributed by atoms with E-state index in [1.807, 2.05) is 54.6 Å². The highest BCUT2D eigenvalue weighted by molar-refractivity contribution is 7.95. The Kier molecular flexibility index (Phi) is 9.71. The molecule has 0 saturated carbocycles. The summed E-state index contributed by atoms with van der Waals surface area (Å²) in [5, 5.41) is 16.6. The fraction of sp³-hybridized carbons (Fsp3) is 0.0682. The highest BCUT2D eigenvalue weighted by Crippen LogP contribution is 2.55. The number of nitrogens with zero attached hydrogens (tertiary/aromatic N) is 1. The summed E-state index contributed by atoms with van der Waals surface area (Å²) in [4.78, 5) is 30.3. The molecule has 7 rings (SSSR count). The van der Waals surface area contributed by atoms with Crippen LogP contribution in [0.1, 0.15) is 22.3 Å². The van der Waals surface area contributed by atoms with E-state index in [2.05, 4.69) is 46.7 Å². The van der Waals surface area contributed by atoms with Gasteiger partial charge in [-0.25, -0.2) is 18.6 Å². The van der Waals surface area contributed by atoms with Crippen molar-refractivity contribution < 1.29 is 23.5 Å². The number of benzene rings is 6. The molecule has 0 spiro atoms. The van der Waals surface area contributed by atoms with E-state index in [0.717, 1.165) is 0 Å². The van der Waals surface area contributed by atoms with Crippen molar-refractivity contribution >= 4 is 51.6 Å². The predicted octanol–water partition coefficient (Wildman–Crippen LogP) is 9.18. The van der Waals surface area contributed by atoms with Gasteiger partial charge in [-0.1, -0.05) is 78.9 Å². The second-order valence-electron chi connectivity index (χ2n) is 12.5. The SMILES string of the molecule is Cc1c(-c2ccc(-c3ccc(NC(=O)CC[P+](c4ccccc4)(c4ccccc4)c4ccccc4)cc3F)cc2)nc2ccc(F)cc2c1C(=O)O. The number of carboxylic acid groups (broad SMARTS) is 1. The maximum atomic E-state index is 15.6. The van der Waals surface area contributed by atoms with E-state index in [1.54, 1.807) is 43.3 Å². The number of amides is 1. The molecule has 0 aliphatic rings. The average molecular weight is 708 g/mol. The van der Waals surface area contributed by atoms with Crippen LogP contribution in [0.25, 0.3) is 33.3 Å². The first-order valence-electron chi connectivity index (χ1n) is 16.8. The molecule has 0 fully saturated rings. The van der Waals surface area contributed by atoms with E-state index < -0.39 is 24.9 Å². The van der Waals surface area contributed by atoms with Crippen LogP contribution < -0.4 is 21.2 Å². The molecule has 256 valence electrons. The lowest BCUT2D eigenvalue weighted by molar-refractivity contribution is -0.115. The number of carboxylic acids is 1. The van der Waals surface area contributed by atoms with Crippen molar-refractivity contribution in [3.8, 4) is 22.4 Å². The highest BCUT2D eigenvalue weighted by Gasteiger charge is 2.45. The molecule has 6 aromatic carbocycles. The summed E-state index contributed by atoms with van der Waals surface area (Å²) in [6.07, 6.45) is 0.832. The van der Waals surface area contributed by atoms with Gasteiger partial charge in [-0.2, -0.15) is 0 Å². The highest BCUT2D eigenvalue weighted by atomic mass is 31.2. The van der Waals surface area contributed by atoms with E-state index in [0.29, 0.717) is 45.3 Å². The molecule has 1 heterocycles. The monoisotopic (exact) mass is 707 g/mol. The van der Waals surface area contributed by atoms with E-state index in [1.165, 1.54) is 40.2 Å². The zero-order valence-corrected chi connectivity index (χ0v) is 29.2. The van der Waals surface area contributed by atoms with Gasteiger partial charge in [-0.15, -0.1) is 0 Å². The molecule has 0 unspecified atom stereocenters. The van der Waals surface area contributed by atoms with Crippen LogP contribution in [0.3, 0.4) is 0 Å². The number of hydrogen-bond acceptors (Lipinski definition) is 3. The summed E-state index contributed by atoms with van der Waals surface area (Å²) in [5.74, 6) is -2.42. The number of carbonyl (C=O) groups is 2. The maximum absolute atomic E-state index is 15.6. The topological polar surface area (TPSA) is 79.3 Å². The Bertz CT molecular complexity index is 2310. The van der Waals surface area contributed by atoms with Crippen molar-refractivity contribution in [3.05, 3.63) is 174 Å². The van der Waals surface area contributed by atoms with Crippen LogP contribution in [0.15, 0.2) is 152 Å². The predicted molar refractivity (Wildman–Crippen MR) is 207 cm³/mol. The number of pyridine rings is 1. The van der Waals surface area contributed by atoms with Crippen molar-refractivity contribution in [2.75, 3.05) is 11.5 Å². The minimum atomic E-state index is -2.20. The van der Waals surface area contributed by atoms with Gasteiger partial charge in [-0.3, -0.25) is 4.79 Å². The first-order chi connectivity index (χ1) is 25.2. The Morgan fingerprint density at radius 1 is 0.692 bits per heavy atom. The zero-order valence-electron chi connectivity index (χ0n) is 28.3. The molecule has 0 atom stereocenters. The first kappa shape index (κ1) is 34.4. The first-order valence-corrected chi connectivity index (χ1v) is 18.8. The third-order valence-corrected chi connectivity index (χ3v) is 13.8. The van der Waals surface area contributed by atoms with Gasteiger partial charge in [0.15, 0.2) is 0 Å². The van der Waals surface area contributed by atoms with Crippen molar-refractivity contribution in [1.29, 1.82) is 0 Å². The van der Waals surface area contributed by atoms with Crippen LogP contribution in [0.2, 0.25) is 0 Å². The molecule has 0 saturated heterocycles. The molecule has 8 heteroatoms. The van der Waals surface area contributed by atoms with E-state index in [9.17, 15) is 19.1 Å². The molecule has 0 bridgehead atoms. The van der Waals surface area contributed by atoms with Crippen LogP contribution >= 0.6 is 7.26 Å². The minimum absolute atomic E-state index is 0.0139. The van der Waals surface area contributed by atoms with Crippen molar-refractivity contribution in [2.24, 2.45) is 0 Å². The number of nitrogens with one attached hydrogen (secondary N) is 1. The number of halogens is 2. The zero-order chi connectivity index (χ0) is 36.2. The summed E-state index contributed by atoms with van der Waals surface area (Å²) in [5.41, 5.74) is 3.14. The lowest BCUT2D eigenvalue weighted by Gasteiger charge is -2.27. The number of hydrogen-bond donors (Lipinski definition) is 2. The molecule has 2 N–H and O–H groups in total. The van der Waals surface area contributed by atoms with Gasteiger partial charge >= 0.3 is 5.97 Å². The Balaban J connectivity index is 1.12. The van der Waals surface area contributed by atoms with Crippen LogP contribution in [0.4, 0.5) is 14.5 Å². The van der Waals surface area contributed by atoms with E-state index in [4.69, 9.17) is 0 Å². The molecular formula is C44H34F2N2O3P+. The molecule has 0 radical (unpaired) electrons. The van der Waals surface area contributed by atoms with Gasteiger partial charge in [-0.05, 0) is 90.8 Å². The molecule has 52 heavy (non-hydrogen) atoms. The maximum Gasteiger partial charge on any atom is 0.336 e. The molecule has 1 aromatic heterocycles. The second kappa shape index (κ2) is 14.7. The summed E-state index contributed by atoms with van der Waals surface area (Å²) in [6, 6.07) is 46.5. The minimum Gasteiger partial charge on any atom is -0.478 e. The number of carbonyl (C=O) groups excluding carboxylic acids is 1. The Morgan fingerprint density at radius 3 is 1.79 bits per heavy atom. The second-order valence-corrected chi connectivity index (χ2v) is 16.2. The van der Waals surface area contributed by atoms with Crippen LogP contribution in [-0.2, 0) is 4.79 Å². The normalized spacial score (nSPS) is 11.4. The van der Waals surface area contributed by atoms with Gasteiger partial charge < -0.3 is 10.4 Å². The Morgan fingerprint density at radius 2 is 1.25 bits per heavy atom. The van der Waals surface area contributed by atoms with Crippen molar-refractivity contribution in [3.63, 3.8) is 0 Å². The Hall–Kier alpha value is -6.04. The lowest BCUT2D eigenvalue weighted by atomic mass is 9.96. The number of rotatable bonds is 10. The average Bonchev–Trinajstić information content (AvgIpc) is 3.16.